The summed E-state index contributed by atoms with van der Waals surface area (Å²) >= 11 is 0. The van der Waals surface area contributed by atoms with Crippen molar-refractivity contribution in [3.8, 4) is 0 Å². The molecule has 0 amide bonds. The van der Waals surface area contributed by atoms with Gasteiger partial charge < -0.3 is 0 Å². The van der Waals surface area contributed by atoms with Crippen LogP contribution in [0.5, 0.6) is 0 Å². The summed E-state index contributed by atoms with van der Waals surface area (Å²) in [6, 6.07) is 22.0. The van der Waals surface area contributed by atoms with E-state index in [4.69, 9.17) is 0 Å². The van der Waals surface area contributed by atoms with E-state index in [1.54, 1.807) is 0 Å². The molecule has 0 bridgehead atoms. The van der Waals surface area contributed by atoms with E-state index in [-0.39, 0.29) is 5.54 Å². The van der Waals surface area contributed by atoms with Gasteiger partial charge in [-0.15, -0.1) is 0 Å². The Labute approximate surface area is 115 Å². The first kappa shape index (κ1) is 12.4. The summed E-state index contributed by atoms with van der Waals surface area (Å²) in [6.45, 7) is 4.57. The molecule has 0 unspecified atom stereocenters. The highest BCUT2D eigenvalue weighted by atomic mass is 15.2. The van der Waals surface area contributed by atoms with Crippen molar-refractivity contribution in [1.29, 1.82) is 0 Å². The molecule has 1 heterocycles. The van der Waals surface area contributed by atoms with E-state index in [2.05, 4.69) is 72.5 Å². The van der Waals surface area contributed by atoms with Crippen LogP contribution in [0.25, 0.3) is 0 Å². The summed E-state index contributed by atoms with van der Waals surface area (Å²) in [7, 11) is 0. The van der Waals surface area contributed by atoms with Crippen molar-refractivity contribution in [3.63, 3.8) is 0 Å². The van der Waals surface area contributed by atoms with Crippen molar-refractivity contribution in [2.75, 3.05) is 13.1 Å². The van der Waals surface area contributed by atoms with Crippen molar-refractivity contribution in [2.24, 2.45) is 0 Å². The Morgan fingerprint density at radius 2 is 1.42 bits per heavy atom. The van der Waals surface area contributed by atoms with Crippen molar-refractivity contribution < 1.29 is 0 Å². The van der Waals surface area contributed by atoms with Crippen LogP contribution in [0.4, 0.5) is 0 Å². The molecule has 0 radical (unpaired) electrons. The fourth-order valence-electron chi connectivity index (χ4n) is 3.55. The molecule has 0 saturated carbocycles. The monoisotopic (exact) mass is 251 g/mol. The predicted molar refractivity (Wildman–Crippen MR) is 80.1 cm³/mol. The first-order valence-electron chi connectivity index (χ1n) is 7.24. The molecule has 2 aromatic carbocycles. The van der Waals surface area contributed by atoms with Gasteiger partial charge in [-0.3, -0.25) is 4.90 Å². The third-order valence-corrected chi connectivity index (χ3v) is 4.39. The first-order valence-corrected chi connectivity index (χ1v) is 7.24. The SMILES string of the molecule is CCN1CCCC1(c1ccccc1)c1ccccc1. The van der Waals surface area contributed by atoms with Gasteiger partial charge in [-0.2, -0.15) is 0 Å². The van der Waals surface area contributed by atoms with Gasteiger partial charge >= 0.3 is 0 Å². The molecular formula is C18H21N. The minimum absolute atomic E-state index is 0.0806. The average Bonchev–Trinajstić information content (AvgIpc) is 2.94. The van der Waals surface area contributed by atoms with Crippen LogP contribution in [-0.4, -0.2) is 18.0 Å². The van der Waals surface area contributed by atoms with Crippen molar-refractivity contribution in [3.05, 3.63) is 71.8 Å². The highest BCUT2D eigenvalue weighted by Gasteiger charge is 2.42. The molecule has 0 N–H and O–H groups in total. The molecule has 0 aliphatic carbocycles. The zero-order valence-electron chi connectivity index (χ0n) is 11.5. The molecule has 2 aromatic rings. The second kappa shape index (κ2) is 5.18. The smallest absolute Gasteiger partial charge is 0.0716 e. The van der Waals surface area contributed by atoms with E-state index in [0.29, 0.717) is 0 Å². The summed E-state index contributed by atoms with van der Waals surface area (Å²) in [5, 5.41) is 0. The lowest BCUT2D eigenvalue weighted by molar-refractivity contribution is 0.187. The van der Waals surface area contributed by atoms with E-state index in [0.717, 1.165) is 6.54 Å². The van der Waals surface area contributed by atoms with Gasteiger partial charge in [0.25, 0.3) is 0 Å². The molecule has 0 spiro atoms. The lowest BCUT2D eigenvalue weighted by atomic mass is 9.80. The van der Waals surface area contributed by atoms with Crippen LogP contribution in [0.15, 0.2) is 60.7 Å². The fourth-order valence-corrected chi connectivity index (χ4v) is 3.55. The van der Waals surface area contributed by atoms with Gasteiger partial charge in [0, 0.05) is 0 Å². The summed E-state index contributed by atoms with van der Waals surface area (Å²) in [5.74, 6) is 0. The highest BCUT2D eigenvalue weighted by Crippen LogP contribution is 2.44. The summed E-state index contributed by atoms with van der Waals surface area (Å²) in [6.07, 6.45) is 2.49. The maximum atomic E-state index is 2.62. The van der Waals surface area contributed by atoms with E-state index < -0.39 is 0 Å². The van der Waals surface area contributed by atoms with Crippen LogP contribution in [0.3, 0.4) is 0 Å². The summed E-state index contributed by atoms with van der Waals surface area (Å²) in [4.78, 5) is 2.62. The van der Waals surface area contributed by atoms with E-state index in [1.165, 1.54) is 30.5 Å². The van der Waals surface area contributed by atoms with Crippen molar-refractivity contribution in [2.45, 2.75) is 25.3 Å². The fraction of sp³-hybridized carbons (Fsp3) is 0.333. The zero-order chi connectivity index (χ0) is 13.1. The van der Waals surface area contributed by atoms with Crippen LogP contribution in [0, 0.1) is 0 Å². The largest absolute Gasteiger partial charge is 0.290 e. The van der Waals surface area contributed by atoms with Gasteiger partial charge in [-0.1, -0.05) is 67.6 Å². The maximum Gasteiger partial charge on any atom is 0.0716 e. The highest BCUT2D eigenvalue weighted by molar-refractivity contribution is 5.39. The van der Waals surface area contributed by atoms with Gasteiger partial charge in [-0.05, 0) is 37.1 Å². The Balaban J connectivity index is 2.17. The standard InChI is InChI=1S/C18H21N/c1-2-19-15-9-14-18(19,16-10-5-3-6-11-16)17-12-7-4-8-13-17/h3-8,10-13H,2,9,14-15H2,1H3. The number of benzene rings is 2. The van der Waals surface area contributed by atoms with Crippen molar-refractivity contribution in [1.82, 2.24) is 4.90 Å². The third kappa shape index (κ3) is 1.98. The van der Waals surface area contributed by atoms with E-state index in [9.17, 15) is 0 Å². The van der Waals surface area contributed by atoms with Gasteiger partial charge in [0.05, 0.1) is 5.54 Å². The number of nitrogens with zero attached hydrogens (tertiary/aromatic N) is 1. The predicted octanol–water partition coefficient (Wildman–Crippen LogP) is 4.05. The Morgan fingerprint density at radius 3 is 1.89 bits per heavy atom. The number of hydrogen-bond donors (Lipinski definition) is 0. The van der Waals surface area contributed by atoms with Gasteiger partial charge in [0.1, 0.15) is 0 Å². The first-order chi connectivity index (χ1) is 9.38. The molecule has 1 aliphatic rings. The zero-order valence-corrected chi connectivity index (χ0v) is 11.5. The van der Waals surface area contributed by atoms with Gasteiger partial charge in [-0.25, -0.2) is 0 Å². The Hall–Kier alpha value is -1.60. The normalized spacial score (nSPS) is 18.6. The molecule has 1 nitrogen and oxygen atoms in total. The molecule has 0 aromatic heterocycles. The van der Waals surface area contributed by atoms with Crippen LogP contribution in [0.2, 0.25) is 0 Å². The minimum atomic E-state index is 0.0806. The molecule has 1 heteroatoms. The lowest BCUT2D eigenvalue weighted by Crippen LogP contribution is -2.42. The average molecular weight is 251 g/mol. The van der Waals surface area contributed by atoms with Crippen LogP contribution >= 0.6 is 0 Å². The molecule has 1 aliphatic heterocycles. The van der Waals surface area contributed by atoms with Gasteiger partial charge in [0.2, 0.25) is 0 Å². The Bertz CT molecular complexity index is 478. The minimum Gasteiger partial charge on any atom is -0.290 e. The van der Waals surface area contributed by atoms with Crippen molar-refractivity contribution >= 4 is 0 Å². The molecule has 98 valence electrons. The van der Waals surface area contributed by atoms with Crippen LogP contribution in [0.1, 0.15) is 30.9 Å². The number of rotatable bonds is 3. The van der Waals surface area contributed by atoms with Gasteiger partial charge in [0.15, 0.2) is 0 Å². The van der Waals surface area contributed by atoms with Crippen LogP contribution < -0.4 is 0 Å². The quantitative estimate of drug-likeness (QED) is 0.795. The number of likely N-dealkylation sites (tertiary alicyclic amines) is 1. The topological polar surface area (TPSA) is 3.24 Å². The van der Waals surface area contributed by atoms with E-state index >= 15 is 0 Å². The maximum absolute atomic E-state index is 2.62. The second-order valence-corrected chi connectivity index (χ2v) is 5.28. The lowest BCUT2D eigenvalue weighted by Gasteiger charge is -2.39. The molecule has 19 heavy (non-hydrogen) atoms. The molecule has 0 atom stereocenters. The molecule has 1 fully saturated rings. The third-order valence-electron chi connectivity index (χ3n) is 4.39. The molecular weight excluding hydrogens is 230 g/mol. The Morgan fingerprint density at radius 1 is 0.895 bits per heavy atom. The number of hydrogen-bond acceptors (Lipinski definition) is 1. The summed E-state index contributed by atoms with van der Waals surface area (Å²) in [5.41, 5.74) is 2.94. The Kier molecular flexibility index (Phi) is 3.39. The van der Waals surface area contributed by atoms with Crippen LogP contribution in [-0.2, 0) is 5.54 Å². The van der Waals surface area contributed by atoms with E-state index in [1.807, 2.05) is 0 Å². The molecule has 3 rings (SSSR count). The second-order valence-electron chi connectivity index (χ2n) is 5.28. The summed E-state index contributed by atoms with van der Waals surface area (Å²) < 4.78 is 0. The molecule has 1 saturated heterocycles.